The van der Waals surface area contributed by atoms with Gasteiger partial charge in [-0.2, -0.15) is 0 Å². The van der Waals surface area contributed by atoms with E-state index in [0.717, 1.165) is 37.7 Å². The topological polar surface area (TPSA) is 54.4 Å². The molecule has 0 aromatic heterocycles. The predicted molar refractivity (Wildman–Crippen MR) is 87.7 cm³/mol. The summed E-state index contributed by atoms with van der Waals surface area (Å²) in [5.74, 6) is 1.62. The molecule has 4 rings (SSSR count). The zero-order valence-electron chi connectivity index (χ0n) is 14.5. The quantitative estimate of drug-likeness (QED) is 0.745. The van der Waals surface area contributed by atoms with Crippen LogP contribution in [0.2, 0.25) is 0 Å². The van der Waals surface area contributed by atoms with Crippen LogP contribution in [0, 0.1) is 28.6 Å². The minimum absolute atomic E-state index is 0.0590. The maximum absolute atomic E-state index is 12.8. The minimum atomic E-state index is -0.606. The van der Waals surface area contributed by atoms with Gasteiger partial charge in [-0.1, -0.05) is 13.8 Å². The lowest BCUT2D eigenvalue weighted by atomic mass is 9.46. The summed E-state index contributed by atoms with van der Waals surface area (Å²) in [5, 5.41) is 10.9. The molecule has 6 atom stereocenters. The number of fused-ring (bicyclic) bond motifs is 5. The van der Waals surface area contributed by atoms with Crippen molar-refractivity contribution in [2.24, 2.45) is 28.6 Å². The minimum Gasteiger partial charge on any atom is -0.390 e. The van der Waals surface area contributed by atoms with Gasteiger partial charge in [-0.15, -0.1) is 0 Å². The van der Waals surface area contributed by atoms with Gasteiger partial charge in [-0.05, 0) is 73.7 Å². The van der Waals surface area contributed by atoms with Gasteiger partial charge in [0.2, 0.25) is 0 Å². The summed E-state index contributed by atoms with van der Waals surface area (Å²) in [5.41, 5.74) is 0.0224. The molecule has 4 aliphatic carbocycles. The first-order valence-electron chi connectivity index (χ1n) is 9.20. The fourth-order valence-electron chi connectivity index (χ4n) is 6.63. The van der Waals surface area contributed by atoms with Crippen molar-refractivity contribution in [3.8, 4) is 0 Å². The van der Waals surface area contributed by atoms with Gasteiger partial charge < -0.3 is 5.11 Å². The summed E-state index contributed by atoms with van der Waals surface area (Å²) in [6.07, 6.45) is 7.63. The average Bonchev–Trinajstić information content (AvgIpc) is 2.72. The number of aliphatic hydroxyl groups is 1. The normalized spacial score (nSPS) is 52.5. The molecule has 3 fully saturated rings. The van der Waals surface area contributed by atoms with E-state index in [-0.39, 0.29) is 22.4 Å². The standard InChI is InChI=1S/C20H28O3/c1-18-7-4-12(21)10-16(18)17(22)11-13-14(18)5-8-19(2)15(13)6-9-20(19,3)23/h10,13-15,23H,4-9,11H2,1-3H3/t13-,14-,15+,18-,19+,20+/m1/s1. The molecule has 0 saturated heterocycles. The number of carbonyl (C=O) groups excluding carboxylic acids is 2. The van der Waals surface area contributed by atoms with Gasteiger partial charge >= 0.3 is 0 Å². The summed E-state index contributed by atoms with van der Waals surface area (Å²) in [4.78, 5) is 24.6. The SMILES string of the molecule is C[C@]12CCC(=O)C=C1C(=O)C[C@@H]1[C@H]2CC[C@@]2(C)[C@H]1CC[C@]2(C)O. The van der Waals surface area contributed by atoms with Crippen molar-refractivity contribution in [1.82, 2.24) is 0 Å². The zero-order valence-corrected chi connectivity index (χ0v) is 14.5. The fourth-order valence-corrected chi connectivity index (χ4v) is 6.63. The number of rotatable bonds is 0. The molecule has 3 saturated carbocycles. The van der Waals surface area contributed by atoms with E-state index in [9.17, 15) is 14.7 Å². The van der Waals surface area contributed by atoms with Gasteiger partial charge in [0.05, 0.1) is 5.60 Å². The van der Waals surface area contributed by atoms with Gasteiger partial charge in [-0.3, -0.25) is 9.59 Å². The number of hydrogen-bond acceptors (Lipinski definition) is 3. The number of Topliss-reactive ketones (excluding diaryl/α,β-unsaturated/α-hetero) is 1. The third kappa shape index (κ3) is 1.86. The lowest BCUT2D eigenvalue weighted by Gasteiger charge is -2.58. The second-order valence-electron chi connectivity index (χ2n) is 9.21. The van der Waals surface area contributed by atoms with Crippen LogP contribution in [-0.2, 0) is 9.59 Å². The maximum atomic E-state index is 12.8. The Morgan fingerprint density at radius 2 is 1.74 bits per heavy atom. The second-order valence-corrected chi connectivity index (χ2v) is 9.21. The third-order valence-corrected chi connectivity index (χ3v) is 8.35. The van der Waals surface area contributed by atoms with Crippen LogP contribution in [0.25, 0.3) is 0 Å². The maximum Gasteiger partial charge on any atom is 0.159 e. The van der Waals surface area contributed by atoms with E-state index in [1.54, 1.807) is 6.08 Å². The number of carbonyl (C=O) groups is 2. The molecular weight excluding hydrogens is 288 g/mol. The molecular formula is C20H28O3. The van der Waals surface area contributed by atoms with E-state index in [1.165, 1.54) is 0 Å². The summed E-state index contributed by atoms with van der Waals surface area (Å²) in [6.45, 7) is 6.45. The van der Waals surface area contributed by atoms with Crippen molar-refractivity contribution in [3.63, 3.8) is 0 Å². The number of hydrogen-bond donors (Lipinski definition) is 1. The predicted octanol–water partition coefficient (Wildman–Crippen LogP) is 3.45. The summed E-state index contributed by atoms with van der Waals surface area (Å²) in [7, 11) is 0. The first kappa shape index (κ1) is 15.6. The van der Waals surface area contributed by atoms with Gasteiger partial charge in [0.25, 0.3) is 0 Å². The van der Waals surface area contributed by atoms with E-state index >= 15 is 0 Å². The molecule has 0 spiro atoms. The highest BCUT2D eigenvalue weighted by Crippen LogP contribution is 2.66. The average molecular weight is 316 g/mol. The van der Waals surface area contributed by atoms with Crippen LogP contribution in [0.1, 0.15) is 65.7 Å². The Morgan fingerprint density at radius 3 is 2.48 bits per heavy atom. The van der Waals surface area contributed by atoms with Crippen LogP contribution in [0.4, 0.5) is 0 Å². The first-order chi connectivity index (χ1) is 10.7. The van der Waals surface area contributed by atoms with Crippen LogP contribution >= 0.6 is 0 Å². The second kappa shape index (κ2) is 4.56. The Bertz CT molecular complexity index is 616. The molecule has 3 nitrogen and oxygen atoms in total. The Hall–Kier alpha value is -0.960. The van der Waals surface area contributed by atoms with E-state index in [1.807, 2.05) is 6.92 Å². The van der Waals surface area contributed by atoms with E-state index in [2.05, 4.69) is 13.8 Å². The molecule has 0 aromatic carbocycles. The zero-order chi connectivity index (χ0) is 16.6. The van der Waals surface area contributed by atoms with Crippen molar-refractivity contribution < 1.29 is 14.7 Å². The first-order valence-corrected chi connectivity index (χ1v) is 9.20. The van der Waals surface area contributed by atoms with Gasteiger partial charge in [0.15, 0.2) is 11.6 Å². The van der Waals surface area contributed by atoms with Crippen LogP contribution in [0.3, 0.4) is 0 Å². The van der Waals surface area contributed by atoms with Gasteiger partial charge in [-0.25, -0.2) is 0 Å². The molecule has 0 unspecified atom stereocenters. The van der Waals surface area contributed by atoms with Crippen molar-refractivity contribution in [1.29, 1.82) is 0 Å². The molecule has 0 aromatic rings. The summed E-state index contributed by atoms with van der Waals surface area (Å²) >= 11 is 0. The van der Waals surface area contributed by atoms with E-state index < -0.39 is 5.60 Å². The lowest BCUT2D eigenvalue weighted by molar-refractivity contribution is -0.140. The number of ketones is 2. The van der Waals surface area contributed by atoms with Crippen LogP contribution in [0.5, 0.6) is 0 Å². The van der Waals surface area contributed by atoms with Crippen molar-refractivity contribution in [2.45, 2.75) is 71.3 Å². The highest BCUT2D eigenvalue weighted by Gasteiger charge is 2.63. The Morgan fingerprint density at radius 1 is 1.04 bits per heavy atom. The monoisotopic (exact) mass is 316 g/mol. The highest BCUT2D eigenvalue weighted by molar-refractivity contribution is 6.05. The molecule has 1 N–H and O–H groups in total. The fraction of sp³-hybridized carbons (Fsp3) is 0.800. The van der Waals surface area contributed by atoms with Crippen molar-refractivity contribution in [2.75, 3.05) is 0 Å². The summed E-state index contributed by atoms with van der Waals surface area (Å²) in [6, 6.07) is 0. The van der Waals surface area contributed by atoms with Gasteiger partial charge in [0, 0.05) is 18.4 Å². The van der Waals surface area contributed by atoms with Crippen LogP contribution in [0.15, 0.2) is 11.6 Å². The number of allylic oxidation sites excluding steroid dienone is 1. The third-order valence-electron chi connectivity index (χ3n) is 8.35. The smallest absolute Gasteiger partial charge is 0.159 e. The molecule has 4 aliphatic rings. The molecule has 0 amide bonds. The Labute approximate surface area is 138 Å². The molecule has 0 bridgehead atoms. The molecule has 0 heterocycles. The Kier molecular flexibility index (Phi) is 3.09. The van der Waals surface area contributed by atoms with Crippen molar-refractivity contribution in [3.05, 3.63) is 11.6 Å². The molecule has 126 valence electrons. The van der Waals surface area contributed by atoms with E-state index in [4.69, 9.17) is 0 Å². The van der Waals surface area contributed by atoms with E-state index in [0.29, 0.717) is 30.6 Å². The Balaban J connectivity index is 1.75. The lowest BCUT2D eigenvalue weighted by Crippen LogP contribution is -2.55. The van der Waals surface area contributed by atoms with Crippen LogP contribution in [-0.4, -0.2) is 22.3 Å². The van der Waals surface area contributed by atoms with Gasteiger partial charge in [0.1, 0.15) is 0 Å². The highest BCUT2D eigenvalue weighted by atomic mass is 16.3. The molecule has 0 aliphatic heterocycles. The molecule has 0 radical (unpaired) electrons. The van der Waals surface area contributed by atoms with Crippen molar-refractivity contribution >= 4 is 11.6 Å². The van der Waals surface area contributed by atoms with Crippen LogP contribution < -0.4 is 0 Å². The molecule has 3 heteroatoms. The largest absolute Gasteiger partial charge is 0.390 e. The summed E-state index contributed by atoms with van der Waals surface area (Å²) < 4.78 is 0. The molecule has 23 heavy (non-hydrogen) atoms.